The number of hydrogen-bond donors (Lipinski definition) is 0. The summed E-state index contributed by atoms with van der Waals surface area (Å²) in [6.45, 7) is 4.96. The van der Waals surface area contributed by atoms with E-state index in [2.05, 4.69) is 19.9 Å². The maximum atomic E-state index is 14.8. The molecule has 6 nitrogen and oxygen atoms in total. The molecule has 0 spiro atoms. The number of piperidine rings is 1. The average molecular weight is 433 g/mol. The van der Waals surface area contributed by atoms with Gasteiger partial charge < -0.3 is 9.80 Å². The zero-order chi connectivity index (χ0) is 20.7. The third-order valence-electron chi connectivity index (χ3n) is 6.12. The van der Waals surface area contributed by atoms with Gasteiger partial charge in [0.15, 0.2) is 16.8 Å². The number of hydrogen-bond acceptors (Lipinski definition) is 5. The number of likely N-dealkylation sites (tertiary alicyclic amines) is 1. The molecular formula is C21H23ClF2N6. The minimum absolute atomic E-state index is 0.205. The molecule has 0 radical (unpaired) electrons. The number of rotatable bonds is 4. The molecular weight excluding hydrogens is 410 g/mol. The summed E-state index contributed by atoms with van der Waals surface area (Å²) < 4.78 is 30.1. The average Bonchev–Trinajstić information content (AvgIpc) is 3.40. The molecule has 0 saturated carbocycles. The van der Waals surface area contributed by atoms with Crippen LogP contribution in [0.15, 0.2) is 24.5 Å². The molecule has 0 atom stereocenters. The lowest BCUT2D eigenvalue weighted by molar-refractivity contribution is 0.249. The lowest BCUT2D eigenvalue weighted by Crippen LogP contribution is -2.39. The molecule has 0 aromatic carbocycles. The van der Waals surface area contributed by atoms with Gasteiger partial charge in [0.1, 0.15) is 17.2 Å². The Bertz CT molecular complexity index is 1060. The van der Waals surface area contributed by atoms with Crippen molar-refractivity contribution in [2.45, 2.75) is 25.7 Å². The summed E-state index contributed by atoms with van der Waals surface area (Å²) in [4.78, 5) is 17.3. The second-order valence-electron chi connectivity index (χ2n) is 8.13. The lowest BCUT2D eigenvalue weighted by atomic mass is 9.96. The van der Waals surface area contributed by atoms with Crippen molar-refractivity contribution in [3.05, 3.63) is 41.3 Å². The molecule has 2 saturated heterocycles. The lowest BCUT2D eigenvalue weighted by Gasteiger charge is -2.34. The van der Waals surface area contributed by atoms with Gasteiger partial charge in [0.05, 0.1) is 6.20 Å². The van der Waals surface area contributed by atoms with Crippen molar-refractivity contribution in [1.82, 2.24) is 24.3 Å². The molecule has 0 aliphatic carbocycles. The summed E-state index contributed by atoms with van der Waals surface area (Å²) in [6, 6.07) is 2.90. The summed E-state index contributed by atoms with van der Waals surface area (Å²) in [5.74, 6) is 0.0410. The Balaban J connectivity index is 1.39. The molecule has 0 N–H and O–H groups in total. The Morgan fingerprint density at radius 2 is 1.80 bits per heavy atom. The van der Waals surface area contributed by atoms with Crippen LogP contribution < -0.4 is 4.90 Å². The first-order valence-electron chi connectivity index (χ1n) is 10.4. The van der Waals surface area contributed by atoms with E-state index in [1.165, 1.54) is 38.2 Å². The molecule has 0 bridgehead atoms. The van der Waals surface area contributed by atoms with Gasteiger partial charge in [0.25, 0.3) is 0 Å². The number of anilines is 1. The molecule has 5 rings (SSSR count). The summed E-state index contributed by atoms with van der Waals surface area (Å²) in [6.07, 6.45) is 7.42. The molecule has 0 unspecified atom stereocenters. The van der Waals surface area contributed by atoms with Crippen LogP contribution in [0.25, 0.3) is 17.2 Å². The zero-order valence-electron chi connectivity index (χ0n) is 16.6. The molecule has 158 valence electrons. The number of fused-ring (bicyclic) bond motifs is 1. The second-order valence-corrected chi connectivity index (χ2v) is 8.49. The Hall–Kier alpha value is -2.32. The van der Waals surface area contributed by atoms with Crippen LogP contribution in [0.2, 0.25) is 5.15 Å². The Morgan fingerprint density at radius 1 is 1.03 bits per heavy atom. The maximum Gasteiger partial charge on any atom is 0.202 e. The summed E-state index contributed by atoms with van der Waals surface area (Å²) >= 11 is 6.12. The standard InChI is InChI=1S/C21H23ClF2N6/c22-19-18(24)21(29-9-5-14(6-10-29)12-28-7-1-2-8-28)27-20(26-19)16-11-25-17-4-3-15(23)13-30(16)17/h3-4,11,13-14H,1-2,5-10,12H2. The van der Waals surface area contributed by atoms with Crippen molar-refractivity contribution >= 4 is 23.1 Å². The predicted octanol–water partition coefficient (Wildman–Crippen LogP) is 4.04. The van der Waals surface area contributed by atoms with Crippen molar-refractivity contribution in [3.8, 4) is 11.5 Å². The van der Waals surface area contributed by atoms with Crippen molar-refractivity contribution < 1.29 is 8.78 Å². The van der Waals surface area contributed by atoms with E-state index in [0.29, 0.717) is 17.3 Å². The third kappa shape index (κ3) is 3.74. The van der Waals surface area contributed by atoms with Gasteiger partial charge >= 0.3 is 0 Å². The van der Waals surface area contributed by atoms with E-state index < -0.39 is 11.6 Å². The molecule has 2 fully saturated rings. The fourth-order valence-corrected chi connectivity index (χ4v) is 4.68. The summed E-state index contributed by atoms with van der Waals surface area (Å²) in [7, 11) is 0. The first-order valence-corrected chi connectivity index (χ1v) is 10.8. The smallest absolute Gasteiger partial charge is 0.202 e. The van der Waals surface area contributed by atoms with E-state index >= 15 is 0 Å². The van der Waals surface area contributed by atoms with Gasteiger partial charge in [-0.25, -0.2) is 19.3 Å². The fraction of sp³-hybridized carbons (Fsp3) is 0.476. The van der Waals surface area contributed by atoms with Crippen LogP contribution in [0.5, 0.6) is 0 Å². The van der Waals surface area contributed by atoms with Crippen molar-refractivity contribution in [3.63, 3.8) is 0 Å². The largest absolute Gasteiger partial charge is 0.354 e. The van der Waals surface area contributed by atoms with Crippen molar-refractivity contribution in [2.75, 3.05) is 37.6 Å². The zero-order valence-corrected chi connectivity index (χ0v) is 17.3. The maximum absolute atomic E-state index is 14.8. The van der Waals surface area contributed by atoms with Crippen LogP contribution in [0, 0.1) is 17.6 Å². The molecule has 3 aromatic heterocycles. The fourth-order valence-electron chi connectivity index (χ4n) is 4.51. The normalized spacial score (nSPS) is 18.6. The van der Waals surface area contributed by atoms with E-state index in [1.807, 2.05) is 4.90 Å². The summed E-state index contributed by atoms with van der Waals surface area (Å²) in [5.41, 5.74) is 1.02. The highest BCUT2D eigenvalue weighted by Crippen LogP contribution is 2.30. The number of pyridine rings is 1. The van der Waals surface area contributed by atoms with E-state index in [9.17, 15) is 8.78 Å². The topological polar surface area (TPSA) is 49.6 Å². The number of halogens is 3. The molecule has 2 aliphatic heterocycles. The first kappa shape index (κ1) is 19.6. The highest BCUT2D eigenvalue weighted by molar-refractivity contribution is 6.29. The Labute approximate surface area is 178 Å². The van der Waals surface area contributed by atoms with Crippen LogP contribution in [0.4, 0.5) is 14.6 Å². The van der Waals surface area contributed by atoms with Gasteiger partial charge in [-0.2, -0.15) is 4.39 Å². The monoisotopic (exact) mass is 432 g/mol. The van der Waals surface area contributed by atoms with E-state index in [4.69, 9.17) is 11.6 Å². The van der Waals surface area contributed by atoms with Gasteiger partial charge in [-0.3, -0.25) is 4.40 Å². The van der Waals surface area contributed by atoms with Crippen LogP contribution in [0.3, 0.4) is 0 Å². The van der Waals surface area contributed by atoms with Gasteiger partial charge in [-0.15, -0.1) is 0 Å². The highest BCUT2D eigenvalue weighted by atomic mass is 35.5. The van der Waals surface area contributed by atoms with Gasteiger partial charge in [0.2, 0.25) is 5.82 Å². The number of nitrogens with zero attached hydrogens (tertiary/aromatic N) is 6. The van der Waals surface area contributed by atoms with E-state index in [1.54, 1.807) is 16.7 Å². The number of imidazole rings is 1. The molecule has 5 heterocycles. The van der Waals surface area contributed by atoms with Crippen LogP contribution in [-0.2, 0) is 0 Å². The van der Waals surface area contributed by atoms with Gasteiger partial charge in [0, 0.05) is 25.8 Å². The minimum atomic E-state index is -0.613. The molecule has 0 amide bonds. The van der Waals surface area contributed by atoms with E-state index in [-0.39, 0.29) is 16.8 Å². The van der Waals surface area contributed by atoms with Crippen LogP contribution in [0.1, 0.15) is 25.7 Å². The third-order valence-corrected chi connectivity index (χ3v) is 6.37. The van der Waals surface area contributed by atoms with Crippen molar-refractivity contribution in [1.29, 1.82) is 0 Å². The number of aromatic nitrogens is 4. The van der Waals surface area contributed by atoms with Crippen LogP contribution >= 0.6 is 11.6 Å². The first-order chi connectivity index (χ1) is 14.6. The minimum Gasteiger partial charge on any atom is -0.354 e. The predicted molar refractivity (Wildman–Crippen MR) is 112 cm³/mol. The molecule has 3 aromatic rings. The molecule has 30 heavy (non-hydrogen) atoms. The molecule has 2 aliphatic rings. The Morgan fingerprint density at radius 3 is 2.57 bits per heavy atom. The quantitative estimate of drug-likeness (QED) is 0.582. The highest BCUT2D eigenvalue weighted by Gasteiger charge is 2.27. The SMILES string of the molecule is Fc1ccc2ncc(-c3nc(Cl)c(F)c(N4CCC(CN5CCCC5)CC4)n3)n2c1. The van der Waals surface area contributed by atoms with Crippen molar-refractivity contribution in [2.24, 2.45) is 5.92 Å². The second kappa shape index (κ2) is 8.07. The Kier molecular flexibility index (Phi) is 5.28. The van der Waals surface area contributed by atoms with Crippen LogP contribution in [-0.4, -0.2) is 57.0 Å². The summed E-state index contributed by atoms with van der Waals surface area (Å²) in [5, 5.41) is -0.236. The van der Waals surface area contributed by atoms with E-state index in [0.717, 1.165) is 32.5 Å². The van der Waals surface area contributed by atoms with Gasteiger partial charge in [-0.1, -0.05) is 11.6 Å². The molecule has 9 heteroatoms. The van der Waals surface area contributed by atoms with Gasteiger partial charge in [-0.05, 0) is 56.8 Å².